The van der Waals surface area contributed by atoms with E-state index in [9.17, 15) is 4.79 Å². The van der Waals surface area contributed by atoms with E-state index in [1.54, 1.807) is 6.20 Å². The summed E-state index contributed by atoms with van der Waals surface area (Å²) in [6.07, 6.45) is 1.79. The minimum atomic E-state index is -0.483. The van der Waals surface area contributed by atoms with Gasteiger partial charge in [0.05, 0.1) is 17.4 Å². The molecule has 2 aromatic carbocycles. The van der Waals surface area contributed by atoms with E-state index in [-0.39, 0.29) is 5.91 Å². The second-order valence-corrected chi connectivity index (χ2v) is 5.32. The fourth-order valence-corrected chi connectivity index (χ4v) is 2.69. The Balaban J connectivity index is 1.52. The number of fused-ring (bicyclic) bond motifs is 2. The summed E-state index contributed by atoms with van der Waals surface area (Å²) >= 11 is 0. The van der Waals surface area contributed by atoms with Gasteiger partial charge in [0.25, 0.3) is 5.91 Å². The van der Waals surface area contributed by atoms with Gasteiger partial charge in [-0.3, -0.25) is 9.78 Å². The summed E-state index contributed by atoms with van der Waals surface area (Å²) in [5.41, 5.74) is 2.66. The van der Waals surface area contributed by atoms with Crippen molar-refractivity contribution >= 4 is 22.5 Å². The summed E-state index contributed by atoms with van der Waals surface area (Å²) < 4.78 is 5.70. The first-order valence-corrected chi connectivity index (χ1v) is 7.20. The fourth-order valence-electron chi connectivity index (χ4n) is 2.69. The first-order valence-electron chi connectivity index (χ1n) is 7.20. The summed E-state index contributed by atoms with van der Waals surface area (Å²) in [7, 11) is 0. The average molecular weight is 290 g/mol. The number of ether oxygens (including phenoxy) is 1. The maximum Gasteiger partial charge on any atom is 0.265 e. The number of aromatic nitrogens is 1. The molecule has 4 heteroatoms. The van der Waals surface area contributed by atoms with Crippen LogP contribution in [0.4, 0.5) is 5.69 Å². The van der Waals surface area contributed by atoms with Crippen molar-refractivity contribution < 1.29 is 9.53 Å². The predicted molar refractivity (Wildman–Crippen MR) is 84.9 cm³/mol. The number of rotatable bonds is 2. The number of carbonyl (C=O) groups excluding carboxylic acids is 1. The van der Waals surface area contributed by atoms with Crippen LogP contribution in [0.15, 0.2) is 60.8 Å². The number of nitrogens with one attached hydrogen (secondary N) is 1. The van der Waals surface area contributed by atoms with E-state index >= 15 is 0 Å². The lowest BCUT2D eigenvalue weighted by Gasteiger charge is -2.11. The molecule has 4 rings (SSSR count). The molecule has 0 saturated carbocycles. The van der Waals surface area contributed by atoms with Crippen LogP contribution in [0.1, 0.15) is 5.56 Å². The quantitative estimate of drug-likeness (QED) is 0.788. The number of para-hydroxylation sites is 2. The van der Waals surface area contributed by atoms with Crippen molar-refractivity contribution in [1.29, 1.82) is 0 Å². The number of hydrogen-bond donors (Lipinski definition) is 1. The zero-order chi connectivity index (χ0) is 14.9. The van der Waals surface area contributed by atoms with Gasteiger partial charge in [-0.25, -0.2) is 0 Å². The van der Waals surface area contributed by atoms with Crippen molar-refractivity contribution in [2.24, 2.45) is 0 Å². The van der Waals surface area contributed by atoms with Gasteiger partial charge >= 0.3 is 0 Å². The van der Waals surface area contributed by atoms with E-state index < -0.39 is 6.10 Å². The predicted octanol–water partition coefficient (Wildman–Crippen LogP) is 3.18. The lowest BCUT2D eigenvalue weighted by Crippen LogP contribution is -2.31. The second kappa shape index (κ2) is 5.15. The normalized spacial score (nSPS) is 16.1. The Kier molecular flexibility index (Phi) is 3.00. The third-order valence-corrected chi connectivity index (χ3v) is 3.80. The molecule has 1 atom stereocenters. The summed E-state index contributed by atoms with van der Waals surface area (Å²) in [6, 6.07) is 17.5. The molecular formula is C18H14N2O2. The van der Waals surface area contributed by atoms with Crippen LogP contribution in [0, 0.1) is 0 Å². The molecule has 0 saturated heterocycles. The van der Waals surface area contributed by atoms with Gasteiger partial charge in [-0.05, 0) is 23.8 Å². The highest BCUT2D eigenvalue weighted by molar-refractivity contribution is 5.96. The zero-order valence-electron chi connectivity index (χ0n) is 11.8. The minimum absolute atomic E-state index is 0.145. The number of amides is 1. The smallest absolute Gasteiger partial charge is 0.265 e. The Labute approximate surface area is 127 Å². The minimum Gasteiger partial charge on any atom is -0.480 e. The van der Waals surface area contributed by atoms with Crippen LogP contribution in [0.3, 0.4) is 0 Å². The molecule has 1 amide bonds. The van der Waals surface area contributed by atoms with Gasteiger partial charge in [0, 0.05) is 11.8 Å². The molecule has 1 aliphatic rings. The van der Waals surface area contributed by atoms with Crippen LogP contribution in [0.25, 0.3) is 10.9 Å². The van der Waals surface area contributed by atoms with Gasteiger partial charge in [0.1, 0.15) is 5.75 Å². The van der Waals surface area contributed by atoms with Gasteiger partial charge in [0.2, 0.25) is 0 Å². The molecule has 0 aliphatic carbocycles. The molecule has 22 heavy (non-hydrogen) atoms. The number of pyridine rings is 1. The van der Waals surface area contributed by atoms with E-state index in [1.165, 1.54) is 0 Å². The van der Waals surface area contributed by atoms with Crippen LogP contribution < -0.4 is 10.1 Å². The van der Waals surface area contributed by atoms with Gasteiger partial charge < -0.3 is 10.1 Å². The van der Waals surface area contributed by atoms with E-state index in [0.29, 0.717) is 12.1 Å². The van der Waals surface area contributed by atoms with Gasteiger partial charge in [-0.15, -0.1) is 0 Å². The topological polar surface area (TPSA) is 51.2 Å². The van der Waals surface area contributed by atoms with Gasteiger partial charge in [0.15, 0.2) is 6.10 Å². The highest BCUT2D eigenvalue weighted by atomic mass is 16.5. The summed E-state index contributed by atoms with van der Waals surface area (Å²) in [4.78, 5) is 16.7. The lowest BCUT2D eigenvalue weighted by molar-refractivity contribution is -0.122. The Bertz CT molecular complexity index is 835. The van der Waals surface area contributed by atoms with Crippen molar-refractivity contribution in [3.8, 4) is 5.75 Å². The summed E-state index contributed by atoms with van der Waals surface area (Å²) in [5.74, 6) is 0.646. The SMILES string of the molecule is O=C(Nc1cnc2ccccc2c1)[C@@H]1Cc2ccccc2O1. The summed E-state index contributed by atoms with van der Waals surface area (Å²) in [5, 5.41) is 3.88. The third-order valence-electron chi connectivity index (χ3n) is 3.80. The van der Waals surface area contributed by atoms with Crippen LogP contribution in [-0.2, 0) is 11.2 Å². The van der Waals surface area contributed by atoms with Crippen molar-refractivity contribution in [3.05, 3.63) is 66.4 Å². The monoisotopic (exact) mass is 290 g/mol. The Morgan fingerprint density at radius 1 is 1.14 bits per heavy atom. The van der Waals surface area contributed by atoms with Crippen molar-refractivity contribution in [2.75, 3.05) is 5.32 Å². The Morgan fingerprint density at radius 2 is 1.95 bits per heavy atom. The Morgan fingerprint density at radius 3 is 2.86 bits per heavy atom. The van der Waals surface area contributed by atoms with Crippen molar-refractivity contribution in [3.63, 3.8) is 0 Å². The van der Waals surface area contributed by atoms with E-state index in [1.807, 2.05) is 54.6 Å². The first kappa shape index (κ1) is 12.8. The average Bonchev–Trinajstić information content (AvgIpc) is 2.99. The second-order valence-electron chi connectivity index (χ2n) is 5.32. The molecule has 3 aromatic rings. The lowest BCUT2D eigenvalue weighted by atomic mass is 10.1. The molecule has 0 fully saturated rings. The summed E-state index contributed by atoms with van der Waals surface area (Å²) in [6.45, 7) is 0. The Hall–Kier alpha value is -2.88. The molecule has 108 valence electrons. The third kappa shape index (κ3) is 2.29. The maximum absolute atomic E-state index is 12.4. The van der Waals surface area contributed by atoms with Gasteiger partial charge in [-0.1, -0.05) is 36.4 Å². The number of benzene rings is 2. The van der Waals surface area contributed by atoms with Gasteiger partial charge in [-0.2, -0.15) is 0 Å². The molecule has 1 aromatic heterocycles. The van der Waals surface area contributed by atoms with E-state index in [0.717, 1.165) is 22.2 Å². The number of hydrogen-bond acceptors (Lipinski definition) is 3. The first-order chi connectivity index (χ1) is 10.8. The van der Waals surface area contributed by atoms with E-state index in [4.69, 9.17) is 4.74 Å². The number of anilines is 1. The number of carbonyl (C=O) groups is 1. The van der Waals surface area contributed by atoms with Crippen molar-refractivity contribution in [2.45, 2.75) is 12.5 Å². The van der Waals surface area contributed by atoms with Crippen LogP contribution in [0.5, 0.6) is 5.75 Å². The molecule has 0 unspecified atom stereocenters. The molecule has 0 radical (unpaired) electrons. The molecule has 1 aliphatic heterocycles. The fraction of sp³-hybridized carbons (Fsp3) is 0.111. The molecule has 2 heterocycles. The standard InChI is InChI=1S/C18H14N2O2/c21-18(17-10-13-6-2-4-8-16(13)22-17)20-14-9-12-5-1-3-7-15(12)19-11-14/h1-9,11,17H,10H2,(H,20,21)/t17-/m0/s1. The number of nitrogens with zero attached hydrogens (tertiary/aromatic N) is 1. The highest BCUT2D eigenvalue weighted by Gasteiger charge is 2.28. The van der Waals surface area contributed by atoms with Crippen LogP contribution in [0.2, 0.25) is 0 Å². The molecular weight excluding hydrogens is 276 g/mol. The molecule has 0 spiro atoms. The van der Waals surface area contributed by atoms with Crippen molar-refractivity contribution in [1.82, 2.24) is 4.98 Å². The zero-order valence-corrected chi connectivity index (χ0v) is 11.8. The maximum atomic E-state index is 12.4. The van der Waals surface area contributed by atoms with Crippen LogP contribution >= 0.6 is 0 Å². The molecule has 0 bridgehead atoms. The largest absolute Gasteiger partial charge is 0.480 e. The van der Waals surface area contributed by atoms with Crippen LogP contribution in [-0.4, -0.2) is 17.0 Å². The molecule has 1 N–H and O–H groups in total. The highest BCUT2D eigenvalue weighted by Crippen LogP contribution is 2.28. The van der Waals surface area contributed by atoms with E-state index in [2.05, 4.69) is 10.3 Å². The molecule has 4 nitrogen and oxygen atoms in total.